The van der Waals surface area contributed by atoms with E-state index in [1.165, 1.54) is 33.3 Å². The number of likely N-dealkylation sites (tertiary alicyclic amines) is 1. The number of fused-ring (bicyclic) bond motifs is 2. The summed E-state index contributed by atoms with van der Waals surface area (Å²) < 4.78 is 1.85. The monoisotopic (exact) mass is 472 g/mol. The Morgan fingerprint density at radius 1 is 1.17 bits per heavy atom. The summed E-state index contributed by atoms with van der Waals surface area (Å²) in [5.74, 6) is 1.03. The van der Waals surface area contributed by atoms with Crippen LogP contribution >= 0.6 is 0 Å². The summed E-state index contributed by atoms with van der Waals surface area (Å²) in [6.07, 6.45) is 5.84. The maximum atomic E-state index is 12.2. The molecule has 0 aliphatic carbocycles. The average molecular weight is 473 g/mol. The van der Waals surface area contributed by atoms with E-state index in [2.05, 4.69) is 76.5 Å². The van der Waals surface area contributed by atoms with E-state index in [4.69, 9.17) is 0 Å². The van der Waals surface area contributed by atoms with Gasteiger partial charge in [0.15, 0.2) is 5.65 Å². The van der Waals surface area contributed by atoms with Crippen LogP contribution < -0.4 is 5.32 Å². The van der Waals surface area contributed by atoms with Crippen LogP contribution in [-0.4, -0.2) is 56.1 Å². The number of hydrogen-bond acceptors (Lipinski definition) is 4. The fourth-order valence-corrected chi connectivity index (χ4v) is 5.51. The molecule has 1 aliphatic heterocycles. The van der Waals surface area contributed by atoms with Crippen molar-refractivity contribution in [2.45, 2.75) is 65.3 Å². The molecule has 0 atom stereocenters. The van der Waals surface area contributed by atoms with Gasteiger partial charge in [0, 0.05) is 28.7 Å². The fourth-order valence-electron chi connectivity index (χ4n) is 5.51. The second-order valence-corrected chi connectivity index (χ2v) is 10.6. The molecule has 1 amide bonds. The molecule has 4 aromatic rings. The third-order valence-electron chi connectivity index (χ3n) is 7.21. The highest BCUT2D eigenvalue weighted by Crippen LogP contribution is 2.39. The summed E-state index contributed by atoms with van der Waals surface area (Å²) in [4.78, 5) is 22.5. The summed E-state index contributed by atoms with van der Waals surface area (Å²) in [5, 5.41) is 8.66. The first-order chi connectivity index (χ1) is 16.8. The van der Waals surface area contributed by atoms with Crippen LogP contribution in [0.3, 0.4) is 0 Å². The van der Waals surface area contributed by atoms with Crippen molar-refractivity contribution in [2.24, 2.45) is 0 Å². The van der Waals surface area contributed by atoms with Gasteiger partial charge in [-0.1, -0.05) is 19.9 Å². The molecular weight excluding hydrogens is 436 g/mol. The number of pyridine rings is 1. The number of hydrogen-bond donors (Lipinski definition) is 2. The maximum absolute atomic E-state index is 12.2. The van der Waals surface area contributed by atoms with Gasteiger partial charge < -0.3 is 10.3 Å². The van der Waals surface area contributed by atoms with Crippen molar-refractivity contribution in [1.82, 2.24) is 29.8 Å². The second-order valence-electron chi connectivity index (χ2n) is 10.6. The highest BCUT2D eigenvalue weighted by atomic mass is 16.2. The van der Waals surface area contributed by atoms with Crippen LogP contribution in [0.4, 0.5) is 0 Å². The largest absolute Gasteiger partial charge is 0.354 e. The maximum Gasteiger partial charge on any atom is 0.234 e. The number of piperidine rings is 1. The minimum absolute atomic E-state index is 0.126. The molecule has 0 radical (unpaired) electrons. The Morgan fingerprint density at radius 2 is 1.94 bits per heavy atom. The predicted molar refractivity (Wildman–Crippen MR) is 141 cm³/mol. The molecule has 3 aromatic heterocycles. The van der Waals surface area contributed by atoms with Gasteiger partial charge in [0.2, 0.25) is 5.91 Å². The smallest absolute Gasteiger partial charge is 0.234 e. The fraction of sp³-hybridized carbons (Fsp3) is 0.464. The molecule has 7 heteroatoms. The molecule has 1 aromatic carbocycles. The molecule has 0 saturated carbocycles. The van der Waals surface area contributed by atoms with E-state index >= 15 is 0 Å². The summed E-state index contributed by atoms with van der Waals surface area (Å²) in [7, 11) is 0. The molecule has 184 valence electrons. The zero-order valence-electron chi connectivity index (χ0n) is 21.4. The Bertz CT molecular complexity index is 1360. The Morgan fingerprint density at radius 3 is 2.66 bits per heavy atom. The number of nitrogens with zero attached hydrogens (tertiary/aromatic N) is 4. The molecule has 4 heterocycles. The molecule has 0 bridgehead atoms. The van der Waals surface area contributed by atoms with Gasteiger partial charge in [0.05, 0.1) is 12.2 Å². The molecule has 35 heavy (non-hydrogen) atoms. The van der Waals surface area contributed by atoms with Gasteiger partial charge in [-0.05, 0) is 93.4 Å². The normalized spacial score (nSPS) is 15.6. The highest BCUT2D eigenvalue weighted by Gasteiger charge is 2.24. The number of aromatic amines is 1. The summed E-state index contributed by atoms with van der Waals surface area (Å²) >= 11 is 0. The number of amides is 1. The van der Waals surface area contributed by atoms with Gasteiger partial charge in [0.1, 0.15) is 6.33 Å². The Kier molecular flexibility index (Phi) is 6.36. The topological polar surface area (TPSA) is 78.3 Å². The van der Waals surface area contributed by atoms with E-state index in [0.29, 0.717) is 18.4 Å². The minimum Gasteiger partial charge on any atom is -0.354 e. The Balaban J connectivity index is 1.42. The van der Waals surface area contributed by atoms with Gasteiger partial charge in [0.25, 0.3) is 0 Å². The van der Waals surface area contributed by atoms with Crippen LogP contribution in [0.5, 0.6) is 0 Å². The van der Waals surface area contributed by atoms with E-state index in [0.717, 1.165) is 37.1 Å². The van der Waals surface area contributed by atoms with Crippen molar-refractivity contribution in [3.05, 3.63) is 53.5 Å². The molecular formula is C28H36N6O. The molecule has 7 nitrogen and oxygen atoms in total. The third-order valence-corrected chi connectivity index (χ3v) is 7.21. The summed E-state index contributed by atoms with van der Waals surface area (Å²) in [5.41, 5.74) is 8.32. The molecule has 1 fully saturated rings. The van der Waals surface area contributed by atoms with Crippen LogP contribution in [-0.2, 0) is 4.79 Å². The number of aromatic nitrogens is 4. The van der Waals surface area contributed by atoms with Crippen LogP contribution in [0.15, 0.2) is 36.8 Å². The standard InChI is InChI=1S/C28H36N6O/c1-17(2)27-22-13-21(20-8-10-33(11-9-20)15-26(35)31-18(3)4)6-7-24(22)32-28(27)23-14-34-25(12-19(23)5)29-16-30-34/h6-7,12-14,16-18,20,32H,8-11,15H2,1-5H3,(H,31,35). The first kappa shape index (κ1) is 23.5. The van der Waals surface area contributed by atoms with Gasteiger partial charge in [-0.15, -0.1) is 0 Å². The zero-order valence-corrected chi connectivity index (χ0v) is 21.4. The first-order valence-electron chi connectivity index (χ1n) is 12.8. The molecule has 0 spiro atoms. The third kappa shape index (κ3) is 4.69. The average Bonchev–Trinajstić information content (AvgIpc) is 3.41. The number of nitrogens with one attached hydrogen (secondary N) is 2. The summed E-state index contributed by atoms with van der Waals surface area (Å²) in [6, 6.07) is 9.21. The van der Waals surface area contributed by atoms with Crippen molar-refractivity contribution in [1.29, 1.82) is 0 Å². The molecule has 1 saturated heterocycles. The first-order valence-corrected chi connectivity index (χ1v) is 12.8. The van der Waals surface area contributed by atoms with E-state index < -0.39 is 0 Å². The van der Waals surface area contributed by atoms with Gasteiger partial charge in [-0.25, -0.2) is 9.50 Å². The lowest BCUT2D eigenvalue weighted by atomic mass is 9.87. The van der Waals surface area contributed by atoms with Crippen LogP contribution in [0.1, 0.15) is 69.1 Å². The quantitative estimate of drug-likeness (QED) is 0.413. The van der Waals surface area contributed by atoms with Gasteiger partial charge >= 0.3 is 0 Å². The lowest BCUT2D eigenvalue weighted by Crippen LogP contribution is -2.43. The van der Waals surface area contributed by atoms with E-state index in [-0.39, 0.29) is 11.9 Å². The van der Waals surface area contributed by atoms with Crippen molar-refractivity contribution in [3.8, 4) is 11.3 Å². The van der Waals surface area contributed by atoms with Crippen LogP contribution in [0.25, 0.3) is 27.8 Å². The van der Waals surface area contributed by atoms with E-state index in [1.54, 1.807) is 6.33 Å². The number of carbonyl (C=O) groups excluding carboxylic acids is 1. The molecule has 0 unspecified atom stereocenters. The van der Waals surface area contributed by atoms with Crippen LogP contribution in [0, 0.1) is 6.92 Å². The predicted octanol–water partition coefficient (Wildman–Crippen LogP) is 5.01. The van der Waals surface area contributed by atoms with Crippen molar-refractivity contribution in [3.63, 3.8) is 0 Å². The van der Waals surface area contributed by atoms with E-state index in [9.17, 15) is 4.79 Å². The highest BCUT2D eigenvalue weighted by molar-refractivity contribution is 5.92. The number of aryl methyl sites for hydroxylation is 1. The summed E-state index contributed by atoms with van der Waals surface area (Å²) in [6.45, 7) is 13.1. The van der Waals surface area contributed by atoms with Gasteiger partial charge in [-0.2, -0.15) is 5.10 Å². The zero-order chi connectivity index (χ0) is 24.7. The van der Waals surface area contributed by atoms with E-state index in [1.807, 2.05) is 18.4 Å². The number of rotatable bonds is 6. The lowest BCUT2D eigenvalue weighted by molar-refractivity contribution is -0.123. The van der Waals surface area contributed by atoms with Crippen molar-refractivity contribution in [2.75, 3.05) is 19.6 Å². The minimum atomic E-state index is 0.126. The lowest BCUT2D eigenvalue weighted by Gasteiger charge is -2.32. The molecule has 2 N–H and O–H groups in total. The van der Waals surface area contributed by atoms with Crippen molar-refractivity contribution >= 4 is 22.5 Å². The SMILES string of the molecule is Cc1cc2ncnn2cc1-c1[nH]c2ccc(C3CCN(CC(=O)NC(C)C)CC3)cc2c1C(C)C. The van der Waals surface area contributed by atoms with Gasteiger partial charge in [-0.3, -0.25) is 9.69 Å². The molecule has 1 aliphatic rings. The second kappa shape index (κ2) is 9.46. The molecule has 5 rings (SSSR count). The number of H-pyrrole nitrogens is 1. The van der Waals surface area contributed by atoms with Crippen LogP contribution in [0.2, 0.25) is 0 Å². The van der Waals surface area contributed by atoms with Crippen molar-refractivity contribution < 1.29 is 4.79 Å². The number of benzene rings is 1. The Hall–Kier alpha value is -3.19. The number of carbonyl (C=O) groups is 1. The Labute approximate surface area is 206 Å².